The summed E-state index contributed by atoms with van der Waals surface area (Å²) in [5, 5.41) is 0. The smallest absolute Gasteiger partial charge is 0.258 e. The van der Waals surface area contributed by atoms with Crippen molar-refractivity contribution in [2.24, 2.45) is 4.99 Å². The molecule has 0 atom stereocenters. The highest BCUT2D eigenvalue weighted by atomic mass is 79.9. The Hall–Kier alpha value is -2.54. The molecule has 0 unspecified atom stereocenters. The number of nitrogens with zero attached hydrogens (tertiary/aromatic N) is 4. The molecule has 1 saturated heterocycles. The van der Waals surface area contributed by atoms with E-state index in [0.717, 1.165) is 27.8 Å². The molecule has 33 heavy (non-hydrogen) atoms. The first-order valence-corrected chi connectivity index (χ1v) is 13.3. The summed E-state index contributed by atoms with van der Waals surface area (Å²) in [6, 6.07) is 16.1. The van der Waals surface area contributed by atoms with Gasteiger partial charge in [-0.3, -0.25) is 9.59 Å². The van der Waals surface area contributed by atoms with Gasteiger partial charge in [-0.15, -0.1) is 18.2 Å². The number of thioether (sulfide) groups is 1. The summed E-state index contributed by atoms with van der Waals surface area (Å²) in [7, 11) is 0. The van der Waals surface area contributed by atoms with Gasteiger partial charge in [-0.2, -0.15) is 4.99 Å². The van der Waals surface area contributed by atoms with Gasteiger partial charge in [0.05, 0.1) is 28.3 Å². The second-order valence-corrected chi connectivity index (χ2v) is 10.4. The van der Waals surface area contributed by atoms with Gasteiger partial charge < -0.3 is 14.4 Å². The lowest BCUT2D eigenvalue weighted by molar-refractivity contribution is -0.128. The van der Waals surface area contributed by atoms with Crippen LogP contribution in [0, 0.1) is 12.3 Å². The van der Waals surface area contributed by atoms with Crippen molar-refractivity contribution >= 4 is 66.7 Å². The van der Waals surface area contributed by atoms with Crippen LogP contribution in [0.2, 0.25) is 0 Å². The highest BCUT2D eigenvalue weighted by molar-refractivity contribution is 9.10. The highest BCUT2D eigenvalue weighted by Crippen LogP contribution is 2.22. The Bertz CT molecular complexity index is 1250. The van der Waals surface area contributed by atoms with Gasteiger partial charge in [0, 0.05) is 36.3 Å². The van der Waals surface area contributed by atoms with E-state index in [9.17, 15) is 9.59 Å². The number of halogens is 1. The lowest BCUT2D eigenvalue weighted by atomic mass is 10.2. The van der Waals surface area contributed by atoms with Crippen LogP contribution >= 0.6 is 39.0 Å². The van der Waals surface area contributed by atoms with E-state index in [0.29, 0.717) is 24.4 Å². The van der Waals surface area contributed by atoms with E-state index in [1.165, 1.54) is 28.8 Å². The molecule has 170 valence electrons. The zero-order chi connectivity index (χ0) is 23.2. The third-order valence-corrected chi connectivity index (χ3v) is 7.76. The number of para-hydroxylation sites is 1. The molecule has 0 bridgehead atoms. The first-order chi connectivity index (χ1) is 16.0. The van der Waals surface area contributed by atoms with E-state index in [1.807, 2.05) is 45.9 Å². The Balaban J connectivity index is 1.31. The van der Waals surface area contributed by atoms with Gasteiger partial charge in [0.2, 0.25) is 5.91 Å². The summed E-state index contributed by atoms with van der Waals surface area (Å²) in [5.41, 5.74) is 2.13. The topological polar surface area (TPSA) is 57.9 Å². The fraction of sp³-hybridized carbons (Fsp3) is 0.292. The van der Waals surface area contributed by atoms with Crippen molar-refractivity contribution in [3.63, 3.8) is 0 Å². The molecule has 9 heteroatoms. The number of fused-ring (bicyclic) bond motifs is 1. The van der Waals surface area contributed by atoms with Gasteiger partial charge in [-0.05, 0) is 30.3 Å². The molecule has 2 amide bonds. The SMILES string of the molecule is C#CCn1c(=NC(=O)CSCC(=O)N2CCN(c3ccccc3)CC2)sc2cc(Br)ccc21. The zero-order valence-corrected chi connectivity index (χ0v) is 21.2. The zero-order valence-electron chi connectivity index (χ0n) is 17.9. The van der Waals surface area contributed by atoms with E-state index in [1.54, 1.807) is 0 Å². The Morgan fingerprint density at radius 3 is 2.58 bits per heavy atom. The number of amides is 2. The lowest BCUT2D eigenvalue weighted by Crippen LogP contribution is -2.49. The highest BCUT2D eigenvalue weighted by Gasteiger charge is 2.21. The monoisotopic (exact) mass is 542 g/mol. The summed E-state index contributed by atoms with van der Waals surface area (Å²) in [5.74, 6) is 2.86. The molecule has 4 rings (SSSR count). The van der Waals surface area contributed by atoms with Crippen molar-refractivity contribution in [3.05, 3.63) is 57.8 Å². The predicted octanol–water partition coefficient (Wildman–Crippen LogP) is 3.61. The molecular formula is C24H23BrN4O2S2. The third kappa shape index (κ3) is 5.88. The maximum Gasteiger partial charge on any atom is 0.258 e. The minimum atomic E-state index is -0.266. The number of carbonyl (C=O) groups excluding carboxylic acids is 2. The molecule has 0 saturated carbocycles. The summed E-state index contributed by atoms with van der Waals surface area (Å²) in [6.07, 6.45) is 5.52. The quantitative estimate of drug-likeness (QED) is 0.446. The number of carbonyl (C=O) groups is 2. The number of thiazole rings is 1. The third-order valence-electron chi connectivity index (χ3n) is 5.32. The Labute approximate surface area is 209 Å². The fourth-order valence-corrected chi connectivity index (χ4v) is 5.98. The molecule has 1 fully saturated rings. The van der Waals surface area contributed by atoms with Crippen molar-refractivity contribution in [2.45, 2.75) is 6.54 Å². The van der Waals surface area contributed by atoms with E-state index in [2.05, 4.69) is 43.9 Å². The largest absolute Gasteiger partial charge is 0.368 e. The van der Waals surface area contributed by atoms with Gasteiger partial charge in [0.15, 0.2) is 4.80 Å². The molecule has 1 aliphatic heterocycles. The molecule has 2 aromatic carbocycles. The summed E-state index contributed by atoms with van der Waals surface area (Å²) < 4.78 is 3.83. The first kappa shape index (κ1) is 23.6. The van der Waals surface area contributed by atoms with E-state index in [-0.39, 0.29) is 23.3 Å². The molecule has 0 radical (unpaired) electrons. The number of anilines is 1. The second kappa shape index (κ2) is 11.1. The number of aromatic nitrogens is 1. The van der Waals surface area contributed by atoms with Crippen molar-refractivity contribution in [1.29, 1.82) is 0 Å². The van der Waals surface area contributed by atoms with Gasteiger partial charge in [-0.25, -0.2) is 0 Å². The molecule has 0 spiro atoms. The maximum absolute atomic E-state index is 12.6. The fourth-order valence-electron chi connectivity index (χ4n) is 3.69. The Morgan fingerprint density at radius 2 is 1.85 bits per heavy atom. The number of benzene rings is 2. The first-order valence-electron chi connectivity index (χ1n) is 10.5. The molecule has 2 heterocycles. The minimum absolute atomic E-state index is 0.0645. The maximum atomic E-state index is 12.6. The van der Waals surface area contributed by atoms with E-state index >= 15 is 0 Å². The number of rotatable bonds is 6. The van der Waals surface area contributed by atoms with Crippen molar-refractivity contribution in [2.75, 3.05) is 42.6 Å². The molecular weight excluding hydrogens is 520 g/mol. The predicted molar refractivity (Wildman–Crippen MR) is 139 cm³/mol. The molecule has 0 aliphatic carbocycles. The molecule has 0 N–H and O–H groups in total. The minimum Gasteiger partial charge on any atom is -0.368 e. The second-order valence-electron chi connectivity index (χ2n) is 7.49. The van der Waals surface area contributed by atoms with Crippen LogP contribution in [0.5, 0.6) is 0 Å². The van der Waals surface area contributed by atoms with E-state index in [4.69, 9.17) is 6.42 Å². The van der Waals surface area contributed by atoms with Gasteiger partial charge >= 0.3 is 0 Å². The average Bonchev–Trinajstić information content (AvgIpc) is 3.15. The standard InChI is InChI=1S/C24H23BrN4O2S2/c1-2-10-29-20-9-8-18(25)15-21(20)33-24(29)26-22(30)16-32-17-23(31)28-13-11-27(12-14-28)19-6-4-3-5-7-19/h1,3-9,15H,10-14,16-17H2. The molecule has 1 aliphatic rings. The molecule has 3 aromatic rings. The number of terminal acetylenes is 1. The Kier molecular flexibility index (Phi) is 7.91. The van der Waals surface area contributed by atoms with Crippen molar-refractivity contribution in [1.82, 2.24) is 9.47 Å². The molecule has 1 aromatic heterocycles. The summed E-state index contributed by atoms with van der Waals surface area (Å²) >= 11 is 6.20. The number of piperazine rings is 1. The van der Waals surface area contributed by atoms with Gasteiger partial charge in [-0.1, -0.05) is 51.4 Å². The average molecular weight is 544 g/mol. The van der Waals surface area contributed by atoms with Crippen LogP contribution in [-0.4, -0.2) is 59.0 Å². The summed E-state index contributed by atoms with van der Waals surface area (Å²) in [6.45, 7) is 3.35. The number of hydrogen-bond acceptors (Lipinski definition) is 5. The van der Waals surface area contributed by atoms with E-state index < -0.39 is 0 Å². The Morgan fingerprint density at radius 1 is 1.09 bits per heavy atom. The van der Waals surface area contributed by atoms with Crippen LogP contribution < -0.4 is 9.70 Å². The lowest BCUT2D eigenvalue weighted by Gasteiger charge is -2.36. The van der Waals surface area contributed by atoms with Crippen LogP contribution in [0.15, 0.2) is 58.0 Å². The van der Waals surface area contributed by atoms with Crippen molar-refractivity contribution < 1.29 is 9.59 Å². The summed E-state index contributed by atoms with van der Waals surface area (Å²) in [4.78, 5) is 34.1. The van der Waals surface area contributed by atoms with Gasteiger partial charge in [0.1, 0.15) is 0 Å². The molecule has 6 nitrogen and oxygen atoms in total. The van der Waals surface area contributed by atoms with Gasteiger partial charge in [0.25, 0.3) is 5.91 Å². The van der Waals surface area contributed by atoms with Crippen LogP contribution in [0.4, 0.5) is 5.69 Å². The van der Waals surface area contributed by atoms with Crippen LogP contribution in [0.1, 0.15) is 0 Å². The van der Waals surface area contributed by atoms with Crippen LogP contribution in [0.25, 0.3) is 10.2 Å². The van der Waals surface area contributed by atoms with Crippen LogP contribution in [-0.2, 0) is 16.1 Å². The normalized spacial score (nSPS) is 14.5. The van der Waals surface area contributed by atoms with Crippen molar-refractivity contribution in [3.8, 4) is 12.3 Å². The van der Waals surface area contributed by atoms with Crippen LogP contribution in [0.3, 0.4) is 0 Å². The number of hydrogen-bond donors (Lipinski definition) is 0.